The molecule has 3 aromatic rings. The van der Waals surface area contributed by atoms with Crippen molar-refractivity contribution in [3.8, 4) is 23.1 Å². The minimum atomic E-state index is -4.71. The highest BCUT2D eigenvalue weighted by molar-refractivity contribution is 5.60. The third-order valence-corrected chi connectivity index (χ3v) is 5.59. The van der Waals surface area contributed by atoms with Crippen LogP contribution in [0.5, 0.6) is 5.75 Å². The minimum Gasteiger partial charge on any atom is -0.406 e. The van der Waals surface area contributed by atoms with Crippen LogP contribution in [0.1, 0.15) is 55.0 Å². The van der Waals surface area contributed by atoms with Crippen molar-refractivity contribution in [2.75, 3.05) is 0 Å². The zero-order chi connectivity index (χ0) is 21.8. The third kappa shape index (κ3) is 5.26. The molecule has 4 rings (SSSR count). The monoisotopic (exact) mass is 425 g/mol. The van der Waals surface area contributed by atoms with E-state index < -0.39 is 6.36 Å². The zero-order valence-corrected chi connectivity index (χ0v) is 16.9. The Labute approximate surface area is 178 Å². The first-order valence-electron chi connectivity index (χ1n) is 10.3. The van der Waals surface area contributed by atoms with Crippen molar-refractivity contribution in [3.63, 3.8) is 0 Å². The van der Waals surface area contributed by atoms with Gasteiger partial charge in [-0.3, -0.25) is 4.68 Å². The molecule has 0 aliphatic heterocycles. The van der Waals surface area contributed by atoms with E-state index in [1.54, 1.807) is 24.3 Å². The van der Waals surface area contributed by atoms with Crippen molar-refractivity contribution >= 4 is 0 Å². The smallest absolute Gasteiger partial charge is 0.406 e. The fraction of sp³-hybridized carbons (Fsp3) is 0.333. The molecule has 0 atom stereocenters. The molecule has 1 aromatic heterocycles. The van der Waals surface area contributed by atoms with Crippen LogP contribution in [0.25, 0.3) is 11.3 Å². The van der Waals surface area contributed by atoms with Crippen LogP contribution >= 0.6 is 0 Å². The van der Waals surface area contributed by atoms with Crippen LogP contribution in [0.15, 0.2) is 54.6 Å². The molecule has 31 heavy (non-hydrogen) atoms. The second-order valence-corrected chi connectivity index (χ2v) is 7.82. The molecule has 1 heterocycles. The summed E-state index contributed by atoms with van der Waals surface area (Å²) in [5.74, 6) is -0.249. The summed E-state index contributed by atoms with van der Waals surface area (Å²) in [4.78, 5) is 0. The maximum Gasteiger partial charge on any atom is 0.573 e. The molecule has 0 saturated heterocycles. The lowest BCUT2D eigenvalue weighted by Crippen LogP contribution is -2.17. The first kappa shape index (κ1) is 21.0. The lowest BCUT2D eigenvalue weighted by molar-refractivity contribution is -0.274. The number of nitriles is 1. The molecule has 7 heteroatoms. The highest BCUT2D eigenvalue weighted by Gasteiger charge is 2.31. The van der Waals surface area contributed by atoms with E-state index in [1.165, 1.54) is 31.4 Å². The Morgan fingerprint density at radius 1 is 1.00 bits per heavy atom. The normalized spacial score (nSPS) is 14.9. The summed E-state index contributed by atoms with van der Waals surface area (Å²) in [6.45, 7) is 0. The van der Waals surface area contributed by atoms with Crippen molar-refractivity contribution < 1.29 is 17.9 Å². The fourth-order valence-electron chi connectivity index (χ4n) is 4.08. The van der Waals surface area contributed by atoms with Gasteiger partial charge in [0.15, 0.2) is 0 Å². The van der Waals surface area contributed by atoms with E-state index >= 15 is 0 Å². The lowest BCUT2D eigenvalue weighted by atomic mass is 9.95. The van der Waals surface area contributed by atoms with E-state index in [1.807, 2.05) is 18.2 Å². The van der Waals surface area contributed by atoms with Crippen LogP contribution in [0.2, 0.25) is 0 Å². The molecule has 0 radical (unpaired) electrons. The summed E-state index contributed by atoms with van der Waals surface area (Å²) in [5.41, 5.74) is 4.22. The zero-order valence-electron chi connectivity index (χ0n) is 16.9. The van der Waals surface area contributed by atoms with Crippen molar-refractivity contribution in [3.05, 3.63) is 71.4 Å². The molecule has 1 saturated carbocycles. The molecule has 0 N–H and O–H groups in total. The van der Waals surface area contributed by atoms with E-state index in [2.05, 4.69) is 15.5 Å². The van der Waals surface area contributed by atoms with Crippen molar-refractivity contribution in [1.29, 1.82) is 5.26 Å². The van der Waals surface area contributed by atoms with Crippen LogP contribution in [0.4, 0.5) is 13.2 Å². The van der Waals surface area contributed by atoms with Gasteiger partial charge in [-0.1, -0.05) is 31.4 Å². The van der Waals surface area contributed by atoms with E-state index in [0.29, 0.717) is 18.0 Å². The highest BCUT2D eigenvalue weighted by atomic mass is 19.4. The van der Waals surface area contributed by atoms with Gasteiger partial charge in [0.1, 0.15) is 5.75 Å². The first-order valence-corrected chi connectivity index (χ1v) is 10.3. The fourth-order valence-corrected chi connectivity index (χ4v) is 4.08. The van der Waals surface area contributed by atoms with E-state index in [0.717, 1.165) is 35.4 Å². The second-order valence-electron chi connectivity index (χ2n) is 7.82. The van der Waals surface area contributed by atoms with Gasteiger partial charge >= 0.3 is 6.36 Å². The number of alkyl halides is 3. The molecule has 1 aliphatic rings. The molecule has 4 nitrogen and oxygen atoms in total. The standard InChI is InChI=1S/C24H22F3N3O/c25-24(26,27)31-22-12-10-19(11-13-22)23-15-21(14-17-6-8-18(16-28)9-7-17)30(29-23)20-4-2-1-3-5-20/h6-13,15,20H,1-5,14H2. The Balaban J connectivity index is 1.63. The predicted molar refractivity (Wildman–Crippen MR) is 110 cm³/mol. The van der Waals surface area contributed by atoms with Crippen LogP contribution in [0, 0.1) is 11.3 Å². The van der Waals surface area contributed by atoms with Crippen molar-refractivity contribution in [1.82, 2.24) is 9.78 Å². The third-order valence-electron chi connectivity index (χ3n) is 5.59. The topological polar surface area (TPSA) is 50.8 Å². The minimum absolute atomic E-state index is 0.249. The average molecular weight is 425 g/mol. The van der Waals surface area contributed by atoms with Crippen LogP contribution < -0.4 is 4.74 Å². The molecule has 0 amide bonds. The number of hydrogen-bond donors (Lipinski definition) is 0. The molecule has 0 bridgehead atoms. The summed E-state index contributed by atoms with van der Waals surface area (Å²) in [6, 6.07) is 17.8. The summed E-state index contributed by atoms with van der Waals surface area (Å²) >= 11 is 0. The van der Waals surface area contributed by atoms with Gasteiger partial charge in [0.05, 0.1) is 23.4 Å². The summed E-state index contributed by atoms with van der Waals surface area (Å²) in [7, 11) is 0. The van der Waals surface area contributed by atoms with Crippen molar-refractivity contribution in [2.45, 2.75) is 50.9 Å². The Morgan fingerprint density at radius 3 is 2.29 bits per heavy atom. The van der Waals surface area contributed by atoms with Gasteiger partial charge < -0.3 is 4.74 Å². The second kappa shape index (κ2) is 8.84. The lowest BCUT2D eigenvalue weighted by Gasteiger charge is -2.24. The SMILES string of the molecule is N#Cc1ccc(Cc2cc(-c3ccc(OC(F)(F)F)cc3)nn2C2CCCCC2)cc1. The number of ether oxygens (including phenoxy) is 1. The Kier molecular flexibility index (Phi) is 5.99. The number of halogens is 3. The quantitative estimate of drug-likeness (QED) is 0.474. The maximum atomic E-state index is 12.4. The van der Waals surface area contributed by atoms with Gasteiger partial charge in [0.25, 0.3) is 0 Å². The van der Waals surface area contributed by atoms with Gasteiger partial charge in [0, 0.05) is 17.7 Å². The van der Waals surface area contributed by atoms with Crippen molar-refractivity contribution in [2.24, 2.45) is 0 Å². The van der Waals surface area contributed by atoms with Crippen LogP contribution in [-0.4, -0.2) is 16.1 Å². The van der Waals surface area contributed by atoms with Gasteiger partial charge in [-0.15, -0.1) is 13.2 Å². The Hall–Kier alpha value is -3.27. The Morgan fingerprint density at radius 2 is 1.68 bits per heavy atom. The van der Waals surface area contributed by atoms with Gasteiger partial charge in [-0.2, -0.15) is 10.4 Å². The molecule has 2 aromatic carbocycles. The summed E-state index contributed by atoms with van der Waals surface area (Å²) in [5, 5.41) is 13.8. The molecule has 1 fully saturated rings. The van der Waals surface area contributed by atoms with Crippen LogP contribution in [-0.2, 0) is 6.42 Å². The number of benzene rings is 2. The molecular weight excluding hydrogens is 403 g/mol. The summed E-state index contributed by atoms with van der Waals surface area (Å²) < 4.78 is 43.3. The van der Waals surface area contributed by atoms with E-state index in [9.17, 15) is 13.2 Å². The van der Waals surface area contributed by atoms with E-state index in [-0.39, 0.29) is 5.75 Å². The number of rotatable bonds is 5. The van der Waals surface area contributed by atoms with Crippen LogP contribution in [0.3, 0.4) is 0 Å². The number of nitrogens with zero attached hydrogens (tertiary/aromatic N) is 3. The predicted octanol–water partition coefficient (Wildman–Crippen LogP) is 6.42. The number of aromatic nitrogens is 2. The van der Waals surface area contributed by atoms with Gasteiger partial charge in [-0.05, 0) is 60.9 Å². The molecule has 1 aliphatic carbocycles. The largest absolute Gasteiger partial charge is 0.573 e. The maximum absolute atomic E-state index is 12.4. The number of hydrogen-bond acceptors (Lipinski definition) is 3. The van der Waals surface area contributed by atoms with Gasteiger partial charge in [0.2, 0.25) is 0 Å². The molecular formula is C24H22F3N3O. The van der Waals surface area contributed by atoms with E-state index in [4.69, 9.17) is 10.4 Å². The molecule has 0 unspecified atom stereocenters. The molecule has 160 valence electrons. The van der Waals surface area contributed by atoms with Gasteiger partial charge in [-0.25, -0.2) is 0 Å². The first-order chi connectivity index (χ1) is 14.9. The average Bonchev–Trinajstić information content (AvgIpc) is 3.18. The Bertz CT molecular complexity index is 1060. The molecule has 0 spiro atoms. The highest BCUT2D eigenvalue weighted by Crippen LogP contribution is 2.32. The summed E-state index contributed by atoms with van der Waals surface area (Å²) in [6.07, 6.45) is 1.66.